The van der Waals surface area contributed by atoms with E-state index in [1.54, 1.807) is 11.8 Å². The summed E-state index contributed by atoms with van der Waals surface area (Å²) in [6.45, 7) is 7.18. The Hall–Kier alpha value is -1.16. The lowest BCUT2D eigenvalue weighted by Gasteiger charge is -2.14. The first-order valence-corrected chi connectivity index (χ1v) is 8.62. The first-order valence-electron chi connectivity index (χ1n) is 7.22. The minimum Gasteiger partial charge on any atom is -0.385 e. The summed E-state index contributed by atoms with van der Waals surface area (Å²) in [6.07, 6.45) is 4.18. The number of hydrogen-bond donors (Lipinski definition) is 2. The van der Waals surface area contributed by atoms with E-state index >= 15 is 0 Å². The van der Waals surface area contributed by atoms with Gasteiger partial charge in [0.15, 0.2) is 0 Å². The molecule has 0 aliphatic heterocycles. The molecule has 0 radical (unpaired) electrons. The molecule has 1 aromatic rings. The highest BCUT2D eigenvalue weighted by molar-refractivity contribution is 7.98. The second-order valence-electron chi connectivity index (χ2n) is 5.11. The van der Waals surface area contributed by atoms with Gasteiger partial charge in [-0.2, -0.15) is 11.8 Å². The van der Waals surface area contributed by atoms with Crippen molar-refractivity contribution in [2.75, 3.05) is 23.9 Å². The summed E-state index contributed by atoms with van der Waals surface area (Å²) in [5, 5.41) is 6.41. The number of anilines is 1. The van der Waals surface area contributed by atoms with Crippen molar-refractivity contribution in [1.82, 2.24) is 5.32 Å². The van der Waals surface area contributed by atoms with Gasteiger partial charge in [-0.3, -0.25) is 4.79 Å². The van der Waals surface area contributed by atoms with Crippen molar-refractivity contribution >= 4 is 23.4 Å². The van der Waals surface area contributed by atoms with Gasteiger partial charge in [0.1, 0.15) is 0 Å². The van der Waals surface area contributed by atoms with Crippen LogP contribution in [0.5, 0.6) is 0 Å². The fourth-order valence-corrected chi connectivity index (χ4v) is 2.53. The van der Waals surface area contributed by atoms with E-state index in [1.165, 1.54) is 0 Å². The Balaban J connectivity index is 2.62. The summed E-state index contributed by atoms with van der Waals surface area (Å²) in [6, 6.07) is 6.05. The lowest BCUT2D eigenvalue weighted by atomic mass is 10.1. The van der Waals surface area contributed by atoms with Crippen LogP contribution >= 0.6 is 11.8 Å². The average Bonchev–Trinajstić information content (AvgIpc) is 2.43. The zero-order chi connectivity index (χ0) is 15.0. The SMILES string of the molecule is CCCNc1ccc(C(=O)NC(C)CCSC)cc1C. The molecule has 0 saturated carbocycles. The zero-order valence-corrected chi connectivity index (χ0v) is 13.8. The summed E-state index contributed by atoms with van der Waals surface area (Å²) < 4.78 is 0. The fourth-order valence-electron chi connectivity index (χ4n) is 1.94. The van der Waals surface area contributed by atoms with E-state index in [9.17, 15) is 4.79 Å². The number of rotatable bonds is 8. The minimum absolute atomic E-state index is 0.0174. The summed E-state index contributed by atoms with van der Waals surface area (Å²) in [4.78, 5) is 12.2. The van der Waals surface area contributed by atoms with Crippen molar-refractivity contribution in [1.29, 1.82) is 0 Å². The van der Waals surface area contributed by atoms with Gasteiger partial charge in [-0.15, -0.1) is 0 Å². The molecule has 1 amide bonds. The van der Waals surface area contributed by atoms with Gasteiger partial charge in [-0.05, 0) is 62.5 Å². The topological polar surface area (TPSA) is 41.1 Å². The van der Waals surface area contributed by atoms with Crippen molar-refractivity contribution in [2.24, 2.45) is 0 Å². The van der Waals surface area contributed by atoms with Crippen LogP contribution < -0.4 is 10.6 Å². The van der Waals surface area contributed by atoms with Crippen LogP contribution in [0.15, 0.2) is 18.2 Å². The Morgan fingerprint density at radius 1 is 1.40 bits per heavy atom. The lowest BCUT2D eigenvalue weighted by molar-refractivity contribution is 0.0939. The molecule has 112 valence electrons. The quantitative estimate of drug-likeness (QED) is 0.768. The second-order valence-corrected chi connectivity index (χ2v) is 6.10. The van der Waals surface area contributed by atoms with E-state index in [2.05, 4.69) is 30.7 Å². The lowest BCUT2D eigenvalue weighted by Crippen LogP contribution is -2.33. The van der Waals surface area contributed by atoms with E-state index in [4.69, 9.17) is 0 Å². The van der Waals surface area contributed by atoms with Crippen LogP contribution in [0.4, 0.5) is 5.69 Å². The molecular weight excluding hydrogens is 268 g/mol. The minimum atomic E-state index is 0.0174. The monoisotopic (exact) mass is 294 g/mol. The maximum absolute atomic E-state index is 12.2. The molecule has 3 nitrogen and oxygen atoms in total. The van der Waals surface area contributed by atoms with Crippen molar-refractivity contribution in [2.45, 2.75) is 39.7 Å². The van der Waals surface area contributed by atoms with Gasteiger partial charge in [0.2, 0.25) is 0 Å². The Bertz CT molecular complexity index is 434. The van der Waals surface area contributed by atoms with E-state index in [-0.39, 0.29) is 11.9 Å². The van der Waals surface area contributed by atoms with Crippen LogP contribution in [-0.4, -0.2) is 30.5 Å². The predicted octanol–water partition coefficient (Wildman–Crippen LogP) is 3.69. The van der Waals surface area contributed by atoms with Gasteiger partial charge in [0.25, 0.3) is 5.91 Å². The first-order chi connectivity index (χ1) is 9.58. The molecule has 0 aromatic heterocycles. The number of amides is 1. The van der Waals surface area contributed by atoms with Crippen LogP contribution in [0.2, 0.25) is 0 Å². The molecule has 0 fully saturated rings. The molecule has 0 aliphatic carbocycles. The molecule has 4 heteroatoms. The molecule has 1 atom stereocenters. The van der Waals surface area contributed by atoms with E-state index in [1.807, 2.05) is 25.1 Å². The number of hydrogen-bond acceptors (Lipinski definition) is 3. The third-order valence-corrected chi connectivity index (χ3v) is 3.83. The highest BCUT2D eigenvalue weighted by atomic mass is 32.2. The molecule has 0 bridgehead atoms. The number of aryl methyl sites for hydroxylation is 1. The van der Waals surface area contributed by atoms with Crippen molar-refractivity contribution in [3.63, 3.8) is 0 Å². The van der Waals surface area contributed by atoms with Crippen LogP contribution in [0.3, 0.4) is 0 Å². The van der Waals surface area contributed by atoms with Gasteiger partial charge in [-0.1, -0.05) is 6.92 Å². The predicted molar refractivity (Wildman–Crippen MR) is 89.9 cm³/mol. The van der Waals surface area contributed by atoms with Crippen LogP contribution in [0.25, 0.3) is 0 Å². The van der Waals surface area contributed by atoms with Crippen molar-refractivity contribution in [3.8, 4) is 0 Å². The Labute approximate surface area is 126 Å². The van der Waals surface area contributed by atoms with Crippen LogP contribution in [0.1, 0.15) is 42.6 Å². The Morgan fingerprint density at radius 2 is 2.15 bits per heavy atom. The van der Waals surface area contributed by atoms with Gasteiger partial charge < -0.3 is 10.6 Å². The largest absolute Gasteiger partial charge is 0.385 e. The molecular formula is C16H26N2OS. The van der Waals surface area contributed by atoms with Crippen LogP contribution in [-0.2, 0) is 0 Å². The zero-order valence-electron chi connectivity index (χ0n) is 13.0. The van der Waals surface area contributed by atoms with E-state index in [0.29, 0.717) is 0 Å². The van der Waals surface area contributed by atoms with Gasteiger partial charge >= 0.3 is 0 Å². The maximum atomic E-state index is 12.2. The number of benzene rings is 1. The third-order valence-electron chi connectivity index (χ3n) is 3.19. The van der Waals surface area contributed by atoms with Crippen LogP contribution in [0, 0.1) is 6.92 Å². The number of carbonyl (C=O) groups excluding carboxylic acids is 1. The number of nitrogens with one attached hydrogen (secondary N) is 2. The first kappa shape index (κ1) is 16.9. The smallest absolute Gasteiger partial charge is 0.251 e. The van der Waals surface area contributed by atoms with E-state index < -0.39 is 0 Å². The molecule has 1 rings (SSSR count). The molecule has 0 spiro atoms. The van der Waals surface area contributed by atoms with Gasteiger partial charge in [0, 0.05) is 23.8 Å². The molecule has 1 aromatic carbocycles. The summed E-state index contributed by atoms with van der Waals surface area (Å²) >= 11 is 1.81. The third kappa shape index (κ3) is 5.45. The standard InChI is InChI=1S/C16H26N2OS/c1-5-9-17-15-7-6-14(11-12(15)2)16(19)18-13(3)8-10-20-4/h6-7,11,13,17H,5,8-10H2,1-4H3,(H,18,19). The number of thioether (sulfide) groups is 1. The Morgan fingerprint density at radius 3 is 2.75 bits per heavy atom. The van der Waals surface area contributed by atoms with E-state index in [0.717, 1.165) is 42.0 Å². The highest BCUT2D eigenvalue weighted by Gasteiger charge is 2.10. The molecule has 0 aliphatic rings. The van der Waals surface area contributed by atoms with Gasteiger partial charge in [0.05, 0.1) is 0 Å². The number of carbonyl (C=O) groups is 1. The molecule has 20 heavy (non-hydrogen) atoms. The molecule has 0 heterocycles. The van der Waals surface area contributed by atoms with Gasteiger partial charge in [-0.25, -0.2) is 0 Å². The Kier molecular flexibility index (Phi) is 7.52. The molecule has 1 unspecified atom stereocenters. The summed E-state index contributed by atoms with van der Waals surface area (Å²) in [5.74, 6) is 1.09. The molecule has 2 N–H and O–H groups in total. The highest BCUT2D eigenvalue weighted by Crippen LogP contribution is 2.16. The fraction of sp³-hybridized carbons (Fsp3) is 0.562. The maximum Gasteiger partial charge on any atom is 0.251 e. The van der Waals surface area contributed by atoms with Crippen molar-refractivity contribution in [3.05, 3.63) is 29.3 Å². The summed E-state index contributed by atoms with van der Waals surface area (Å²) in [5.41, 5.74) is 2.96. The molecule has 0 saturated heterocycles. The van der Waals surface area contributed by atoms with Crippen molar-refractivity contribution < 1.29 is 4.79 Å². The average molecular weight is 294 g/mol. The summed E-state index contributed by atoms with van der Waals surface area (Å²) in [7, 11) is 0. The second kappa shape index (κ2) is 8.90. The normalized spacial score (nSPS) is 12.0.